The molecule has 2 aliphatic rings. The van der Waals surface area contributed by atoms with Crippen molar-refractivity contribution < 1.29 is 33.6 Å². The number of furan rings is 1. The second-order valence-electron chi connectivity index (χ2n) is 10.2. The smallest absolute Gasteiger partial charge is 0.338 e. The Hall–Kier alpha value is -5.23. The van der Waals surface area contributed by atoms with Crippen LogP contribution in [0.25, 0.3) is 23.1 Å². The van der Waals surface area contributed by atoms with Crippen LogP contribution < -0.4 is 24.4 Å². The van der Waals surface area contributed by atoms with Gasteiger partial charge in [0.15, 0.2) is 22.6 Å². The Kier molecular flexibility index (Phi) is 7.42. The number of hydrogen-bond donors (Lipinski definition) is 2. The maximum Gasteiger partial charge on any atom is 0.338 e. The Morgan fingerprint density at radius 3 is 2.62 bits per heavy atom. The summed E-state index contributed by atoms with van der Waals surface area (Å²) in [5, 5.41) is 19.1. The molecule has 0 aliphatic carbocycles. The minimum absolute atomic E-state index is 0.0768. The molecule has 226 valence electrons. The molecule has 1 unspecified atom stereocenters. The van der Waals surface area contributed by atoms with Gasteiger partial charge in [-0.2, -0.15) is 0 Å². The van der Waals surface area contributed by atoms with Crippen molar-refractivity contribution >= 4 is 29.1 Å². The zero-order chi connectivity index (χ0) is 31.1. The van der Waals surface area contributed by atoms with Gasteiger partial charge in [-0.1, -0.05) is 65.9 Å². The van der Waals surface area contributed by atoms with Gasteiger partial charge in [0.25, 0.3) is 5.56 Å². The van der Waals surface area contributed by atoms with Gasteiger partial charge >= 0.3 is 5.97 Å². The first-order valence-corrected chi connectivity index (χ1v) is 15.0. The minimum atomic E-state index is -1.61. The highest BCUT2D eigenvalue weighted by molar-refractivity contribution is 7.07. The molecule has 0 saturated heterocycles. The monoisotopic (exact) mass is 622 g/mol. The van der Waals surface area contributed by atoms with E-state index in [-0.39, 0.29) is 24.5 Å². The van der Waals surface area contributed by atoms with Gasteiger partial charge in [-0.15, -0.1) is 0 Å². The number of nitrogens with zero attached hydrogens (tertiary/aromatic N) is 2. The first-order valence-electron chi connectivity index (χ1n) is 14.2. The number of carbonyl (C=O) groups is 1. The minimum Gasteiger partial charge on any atom is -0.463 e. The van der Waals surface area contributed by atoms with Crippen LogP contribution in [-0.4, -0.2) is 34.1 Å². The van der Waals surface area contributed by atoms with Crippen molar-refractivity contribution in [1.29, 1.82) is 0 Å². The third-order valence-electron chi connectivity index (χ3n) is 7.46. The Morgan fingerprint density at radius 1 is 1.02 bits per heavy atom. The van der Waals surface area contributed by atoms with Crippen LogP contribution in [0.4, 0.5) is 0 Å². The predicted molar refractivity (Wildman–Crippen MR) is 165 cm³/mol. The van der Waals surface area contributed by atoms with Crippen LogP contribution in [0.5, 0.6) is 11.5 Å². The molecule has 0 spiro atoms. The summed E-state index contributed by atoms with van der Waals surface area (Å²) in [5.41, 5.74) is 2.59. The number of thiazole rings is 1. The van der Waals surface area contributed by atoms with E-state index in [1.54, 1.807) is 67.6 Å². The van der Waals surface area contributed by atoms with Crippen molar-refractivity contribution in [2.24, 2.45) is 4.99 Å². The van der Waals surface area contributed by atoms with Crippen LogP contribution in [0.1, 0.15) is 41.7 Å². The van der Waals surface area contributed by atoms with Crippen LogP contribution in [0, 0.1) is 0 Å². The highest BCUT2D eigenvalue weighted by Gasteiger charge is 2.36. The van der Waals surface area contributed by atoms with Gasteiger partial charge < -0.3 is 28.8 Å². The van der Waals surface area contributed by atoms with E-state index in [1.165, 1.54) is 15.9 Å². The number of rotatable bonds is 7. The Balaban J connectivity index is 1.41. The van der Waals surface area contributed by atoms with Crippen molar-refractivity contribution in [3.63, 3.8) is 0 Å². The molecule has 3 aromatic carbocycles. The molecular formula is C34H26N2O8S. The summed E-state index contributed by atoms with van der Waals surface area (Å²) in [7, 11) is 0. The van der Waals surface area contributed by atoms with Gasteiger partial charge in [-0.3, -0.25) is 9.36 Å². The maximum absolute atomic E-state index is 14.2. The molecule has 0 amide bonds. The van der Waals surface area contributed by atoms with E-state index in [9.17, 15) is 19.8 Å². The molecule has 5 aromatic rings. The number of aliphatic hydroxyl groups is 2. The lowest BCUT2D eigenvalue weighted by atomic mass is 9.93. The van der Waals surface area contributed by atoms with Crippen LogP contribution in [-0.2, 0) is 9.53 Å². The van der Waals surface area contributed by atoms with Crippen LogP contribution in [0.3, 0.4) is 0 Å². The molecule has 0 saturated carbocycles. The number of fused-ring (bicyclic) bond motifs is 2. The van der Waals surface area contributed by atoms with E-state index in [0.29, 0.717) is 60.3 Å². The number of ether oxygens (including phenoxy) is 3. The number of aliphatic hydroxyl groups excluding tert-OH is 1. The summed E-state index contributed by atoms with van der Waals surface area (Å²) in [6.45, 7) is 1.95. The maximum atomic E-state index is 14.2. The molecule has 45 heavy (non-hydrogen) atoms. The second kappa shape index (κ2) is 11.7. The summed E-state index contributed by atoms with van der Waals surface area (Å²) in [6, 6.07) is 24.0. The van der Waals surface area contributed by atoms with E-state index < -0.39 is 18.3 Å². The van der Waals surface area contributed by atoms with Gasteiger partial charge in [-0.05, 0) is 42.8 Å². The van der Waals surface area contributed by atoms with Gasteiger partial charge in [0, 0.05) is 22.8 Å². The van der Waals surface area contributed by atoms with Gasteiger partial charge in [0.1, 0.15) is 11.5 Å². The van der Waals surface area contributed by atoms with Crippen molar-refractivity contribution in [3.05, 3.63) is 133 Å². The lowest BCUT2D eigenvalue weighted by Gasteiger charge is -2.26. The highest BCUT2D eigenvalue weighted by atomic mass is 32.1. The number of hydrogen-bond acceptors (Lipinski definition) is 10. The molecule has 2 aromatic heterocycles. The summed E-state index contributed by atoms with van der Waals surface area (Å²) < 4.78 is 24.6. The van der Waals surface area contributed by atoms with Gasteiger partial charge in [0.2, 0.25) is 6.79 Å². The van der Waals surface area contributed by atoms with E-state index in [4.69, 9.17) is 23.6 Å². The Bertz CT molecular complexity index is 2140. The molecule has 2 N–H and O–H groups in total. The van der Waals surface area contributed by atoms with Crippen molar-refractivity contribution in [2.75, 3.05) is 13.4 Å². The molecule has 0 radical (unpaired) electrons. The SMILES string of the molecule is CCOC(=O)C1=C(c2ccccc2)N=c2s/c(=C/c3ccc(-c4cccc(C(O)O)c4)o3)c(=O)n2C1c1ccc2c(c1)OCO2. The normalized spacial score (nSPS) is 15.7. The molecule has 0 bridgehead atoms. The molecule has 10 nitrogen and oxygen atoms in total. The summed E-state index contributed by atoms with van der Waals surface area (Å²) in [6.07, 6.45) is 0.0177. The predicted octanol–water partition coefficient (Wildman–Crippen LogP) is 3.91. The Labute approximate surface area is 260 Å². The zero-order valence-corrected chi connectivity index (χ0v) is 24.7. The van der Waals surface area contributed by atoms with E-state index in [1.807, 2.05) is 30.3 Å². The molecule has 4 heterocycles. The summed E-state index contributed by atoms with van der Waals surface area (Å²) >= 11 is 1.18. The van der Waals surface area contributed by atoms with Gasteiger partial charge in [0.05, 0.1) is 28.5 Å². The molecule has 11 heteroatoms. The molecular weight excluding hydrogens is 596 g/mol. The first kappa shape index (κ1) is 28.5. The van der Waals surface area contributed by atoms with Gasteiger partial charge in [-0.25, -0.2) is 9.79 Å². The quantitative estimate of drug-likeness (QED) is 0.206. The van der Waals surface area contributed by atoms with Crippen molar-refractivity contribution in [2.45, 2.75) is 19.3 Å². The third-order valence-corrected chi connectivity index (χ3v) is 8.44. The van der Waals surface area contributed by atoms with Crippen LogP contribution >= 0.6 is 11.3 Å². The molecule has 1 atom stereocenters. The Morgan fingerprint density at radius 2 is 1.82 bits per heavy atom. The first-order chi connectivity index (χ1) is 21.9. The average molecular weight is 623 g/mol. The summed E-state index contributed by atoms with van der Waals surface area (Å²) in [4.78, 5) is 33.1. The zero-order valence-electron chi connectivity index (χ0n) is 23.9. The lowest BCUT2D eigenvalue weighted by molar-refractivity contribution is -0.138. The highest BCUT2D eigenvalue weighted by Crippen LogP contribution is 2.40. The number of carbonyl (C=O) groups excluding carboxylic acids is 1. The fourth-order valence-corrected chi connectivity index (χ4v) is 6.39. The topological polar surface area (TPSA) is 133 Å². The summed E-state index contributed by atoms with van der Waals surface area (Å²) in [5.74, 6) is 1.41. The fraction of sp³-hybridized carbons (Fsp3) is 0.147. The number of benzene rings is 3. The van der Waals surface area contributed by atoms with E-state index >= 15 is 0 Å². The second-order valence-corrected chi connectivity index (χ2v) is 11.3. The number of aromatic nitrogens is 1. The molecule has 0 fully saturated rings. The van der Waals surface area contributed by atoms with E-state index in [0.717, 1.165) is 0 Å². The van der Waals surface area contributed by atoms with Crippen LogP contribution in [0.15, 0.2) is 105 Å². The fourth-order valence-electron chi connectivity index (χ4n) is 5.41. The van der Waals surface area contributed by atoms with Crippen molar-refractivity contribution in [3.8, 4) is 22.8 Å². The van der Waals surface area contributed by atoms with E-state index in [2.05, 4.69) is 0 Å². The lowest BCUT2D eigenvalue weighted by Crippen LogP contribution is -2.40. The van der Waals surface area contributed by atoms with Crippen LogP contribution in [0.2, 0.25) is 0 Å². The largest absolute Gasteiger partial charge is 0.463 e. The standard InChI is InChI=1S/C34H26N2O8S/c1-2-41-33(40)28-29(19-7-4-3-5-8-19)35-34-36(30(28)21-11-13-25-26(16-21)43-18-42-25)31(37)27(45-34)17-23-12-14-24(44-23)20-9-6-10-22(15-20)32(38)39/h3-17,30,32,38-39H,2,18H2,1H3/b27-17+. The van der Waals surface area contributed by atoms with Crippen molar-refractivity contribution in [1.82, 2.24) is 4.57 Å². The molecule has 7 rings (SSSR count). The average Bonchev–Trinajstić information content (AvgIpc) is 3.80. The molecule has 2 aliphatic heterocycles. The third kappa shape index (κ3) is 5.27. The number of esters is 1.